The lowest BCUT2D eigenvalue weighted by atomic mass is 10.2. The number of ether oxygens (including phenoxy) is 2. The van der Waals surface area contributed by atoms with Crippen molar-refractivity contribution in [3.05, 3.63) is 53.7 Å². The first kappa shape index (κ1) is 18.8. The van der Waals surface area contributed by atoms with Crippen LogP contribution in [0.4, 0.5) is 5.82 Å². The molecule has 0 aliphatic heterocycles. The number of nitrogens with zero attached hydrogens (tertiary/aromatic N) is 2. The van der Waals surface area contributed by atoms with Crippen LogP contribution in [-0.2, 0) is 4.79 Å². The third kappa shape index (κ3) is 5.53. The van der Waals surface area contributed by atoms with Crippen molar-refractivity contribution in [2.75, 3.05) is 32.6 Å². The van der Waals surface area contributed by atoms with Gasteiger partial charge in [-0.1, -0.05) is 6.07 Å². The van der Waals surface area contributed by atoms with Crippen molar-refractivity contribution < 1.29 is 14.3 Å². The quantitative estimate of drug-likeness (QED) is 0.558. The predicted octanol–water partition coefficient (Wildman–Crippen LogP) is 2.21. The summed E-state index contributed by atoms with van der Waals surface area (Å²) in [6.07, 6.45) is 4.65. The van der Waals surface area contributed by atoms with Gasteiger partial charge in [0, 0.05) is 25.4 Å². The van der Waals surface area contributed by atoms with Crippen molar-refractivity contribution in [2.24, 2.45) is 0 Å². The lowest BCUT2D eigenvalue weighted by Gasteiger charge is -2.07. The van der Waals surface area contributed by atoms with E-state index in [1.54, 1.807) is 44.6 Å². The minimum Gasteiger partial charge on any atom is -0.493 e. The third-order valence-electron chi connectivity index (χ3n) is 3.46. The van der Waals surface area contributed by atoms with Crippen LogP contribution in [0.3, 0.4) is 0 Å². The Bertz CT molecular complexity index is 811. The molecular formula is C19H20N4O3. The SMILES string of the molecule is COc1ccc(C=CC(=O)NCCNc2ccc(C#N)cn2)cc1OC. The molecule has 7 nitrogen and oxygen atoms in total. The highest BCUT2D eigenvalue weighted by Crippen LogP contribution is 2.27. The van der Waals surface area contributed by atoms with Gasteiger partial charge in [0.05, 0.1) is 19.8 Å². The van der Waals surface area contributed by atoms with Crippen LogP contribution in [0, 0.1) is 11.3 Å². The highest BCUT2D eigenvalue weighted by molar-refractivity contribution is 5.91. The number of carbonyl (C=O) groups is 1. The summed E-state index contributed by atoms with van der Waals surface area (Å²) in [7, 11) is 3.13. The smallest absolute Gasteiger partial charge is 0.244 e. The summed E-state index contributed by atoms with van der Waals surface area (Å²) in [6, 6.07) is 10.8. The van der Waals surface area contributed by atoms with Crippen molar-refractivity contribution in [1.82, 2.24) is 10.3 Å². The molecule has 1 amide bonds. The Balaban J connectivity index is 1.77. The Morgan fingerprint density at radius 3 is 2.65 bits per heavy atom. The van der Waals surface area contributed by atoms with Crippen LogP contribution in [0.25, 0.3) is 6.08 Å². The monoisotopic (exact) mass is 352 g/mol. The van der Waals surface area contributed by atoms with E-state index in [1.807, 2.05) is 12.1 Å². The molecule has 0 spiro atoms. The van der Waals surface area contributed by atoms with Crippen molar-refractivity contribution in [3.63, 3.8) is 0 Å². The Morgan fingerprint density at radius 2 is 2.00 bits per heavy atom. The van der Waals surface area contributed by atoms with Crippen LogP contribution in [0.5, 0.6) is 11.5 Å². The first-order valence-corrected chi connectivity index (χ1v) is 7.94. The zero-order valence-corrected chi connectivity index (χ0v) is 14.7. The van der Waals surface area contributed by atoms with Gasteiger partial charge in [0.1, 0.15) is 11.9 Å². The zero-order chi connectivity index (χ0) is 18.8. The topological polar surface area (TPSA) is 96.3 Å². The van der Waals surface area contributed by atoms with Gasteiger partial charge < -0.3 is 20.1 Å². The fourth-order valence-corrected chi connectivity index (χ4v) is 2.13. The van der Waals surface area contributed by atoms with E-state index in [4.69, 9.17) is 14.7 Å². The van der Waals surface area contributed by atoms with E-state index in [9.17, 15) is 4.79 Å². The molecule has 0 saturated heterocycles. The van der Waals surface area contributed by atoms with Gasteiger partial charge in [0.15, 0.2) is 11.5 Å². The molecule has 2 rings (SSSR count). The van der Waals surface area contributed by atoms with Crippen LogP contribution >= 0.6 is 0 Å². The fourth-order valence-electron chi connectivity index (χ4n) is 2.13. The fraction of sp³-hybridized carbons (Fsp3) is 0.211. The summed E-state index contributed by atoms with van der Waals surface area (Å²) < 4.78 is 10.4. The first-order chi connectivity index (χ1) is 12.7. The van der Waals surface area contributed by atoms with Gasteiger partial charge in [0.2, 0.25) is 5.91 Å². The van der Waals surface area contributed by atoms with Crippen molar-refractivity contribution >= 4 is 17.8 Å². The average molecular weight is 352 g/mol. The van der Waals surface area contributed by atoms with E-state index in [2.05, 4.69) is 15.6 Å². The minimum absolute atomic E-state index is 0.200. The second kappa shape index (κ2) is 9.69. The van der Waals surface area contributed by atoms with E-state index in [0.29, 0.717) is 36.0 Å². The average Bonchev–Trinajstić information content (AvgIpc) is 2.69. The molecule has 0 atom stereocenters. The Kier molecular flexibility index (Phi) is 7.01. The molecule has 0 aliphatic carbocycles. The lowest BCUT2D eigenvalue weighted by molar-refractivity contribution is -0.116. The molecule has 134 valence electrons. The maximum absolute atomic E-state index is 11.9. The van der Waals surface area contributed by atoms with E-state index in [-0.39, 0.29) is 5.91 Å². The summed E-state index contributed by atoms with van der Waals surface area (Å²) in [5.41, 5.74) is 1.34. The number of hydrogen-bond acceptors (Lipinski definition) is 6. The molecule has 0 radical (unpaired) electrons. The first-order valence-electron chi connectivity index (χ1n) is 7.94. The van der Waals surface area contributed by atoms with E-state index < -0.39 is 0 Å². The van der Waals surface area contributed by atoms with E-state index in [0.717, 1.165) is 5.56 Å². The normalized spacial score (nSPS) is 10.2. The Hall–Kier alpha value is -3.53. The Morgan fingerprint density at radius 1 is 1.19 bits per heavy atom. The molecule has 7 heteroatoms. The molecular weight excluding hydrogens is 332 g/mol. The van der Waals surface area contributed by atoms with Crippen molar-refractivity contribution in [1.29, 1.82) is 5.26 Å². The van der Waals surface area contributed by atoms with E-state index in [1.165, 1.54) is 12.3 Å². The number of hydrogen-bond donors (Lipinski definition) is 2. The van der Waals surface area contributed by atoms with Gasteiger partial charge in [0.25, 0.3) is 0 Å². The molecule has 26 heavy (non-hydrogen) atoms. The van der Waals surface area contributed by atoms with Crippen LogP contribution in [0.2, 0.25) is 0 Å². The second-order valence-electron chi connectivity index (χ2n) is 5.21. The summed E-state index contributed by atoms with van der Waals surface area (Å²) in [4.78, 5) is 15.9. The number of rotatable bonds is 8. The molecule has 0 unspecified atom stereocenters. The summed E-state index contributed by atoms with van der Waals surface area (Å²) in [5, 5.41) is 14.6. The number of nitrogens with one attached hydrogen (secondary N) is 2. The molecule has 1 aromatic carbocycles. The number of nitriles is 1. The molecule has 0 aliphatic rings. The number of benzene rings is 1. The number of carbonyl (C=O) groups excluding carboxylic acids is 1. The predicted molar refractivity (Wildman–Crippen MR) is 99.0 cm³/mol. The van der Waals surface area contributed by atoms with E-state index >= 15 is 0 Å². The van der Waals surface area contributed by atoms with Crippen molar-refractivity contribution in [3.8, 4) is 17.6 Å². The van der Waals surface area contributed by atoms with Gasteiger partial charge >= 0.3 is 0 Å². The van der Waals surface area contributed by atoms with Crippen LogP contribution in [0.15, 0.2) is 42.6 Å². The van der Waals surface area contributed by atoms with Gasteiger partial charge in [-0.15, -0.1) is 0 Å². The van der Waals surface area contributed by atoms with Crippen LogP contribution in [-0.4, -0.2) is 38.2 Å². The van der Waals surface area contributed by atoms with Crippen LogP contribution in [0.1, 0.15) is 11.1 Å². The maximum Gasteiger partial charge on any atom is 0.244 e. The summed E-state index contributed by atoms with van der Waals surface area (Å²) in [5.74, 6) is 1.69. The van der Waals surface area contributed by atoms with Gasteiger partial charge in [-0.05, 0) is 35.9 Å². The van der Waals surface area contributed by atoms with Gasteiger partial charge in [-0.25, -0.2) is 4.98 Å². The van der Waals surface area contributed by atoms with Crippen LogP contribution < -0.4 is 20.1 Å². The molecule has 1 aromatic heterocycles. The number of aromatic nitrogens is 1. The number of amides is 1. The van der Waals surface area contributed by atoms with Gasteiger partial charge in [-0.3, -0.25) is 4.79 Å². The largest absolute Gasteiger partial charge is 0.493 e. The number of pyridine rings is 1. The van der Waals surface area contributed by atoms with Crippen molar-refractivity contribution in [2.45, 2.75) is 0 Å². The standard InChI is InChI=1S/C19H20N4O3/c1-25-16-6-3-14(11-17(16)26-2)5-8-19(24)22-10-9-21-18-7-4-15(12-20)13-23-18/h3-8,11,13H,9-10H2,1-2H3,(H,21,23)(H,22,24). The van der Waals surface area contributed by atoms with Gasteiger partial charge in [-0.2, -0.15) is 5.26 Å². The number of anilines is 1. The summed E-state index contributed by atoms with van der Waals surface area (Å²) >= 11 is 0. The highest BCUT2D eigenvalue weighted by Gasteiger charge is 2.03. The molecule has 0 fully saturated rings. The third-order valence-corrected chi connectivity index (χ3v) is 3.46. The second-order valence-corrected chi connectivity index (χ2v) is 5.21. The zero-order valence-electron chi connectivity index (χ0n) is 14.7. The minimum atomic E-state index is -0.200. The summed E-state index contributed by atoms with van der Waals surface area (Å²) in [6.45, 7) is 0.964. The molecule has 0 bridgehead atoms. The molecule has 2 N–H and O–H groups in total. The molecule has 2 aromatic rings. The lowest BCUT2D eigenvalue weighted by Crippen LogP contribution is -2.27. The molecule has 0 saturated carbocycles. The highest BCUT2D eigenvalue weighted by atomic mass is 16.5. The number of methoxy groups -OCH3 is 2. The Labute approximate surface area is 152 Å². The molecule has 1 heterocycles. The maximum atomic E-state index is 11.9.